The minimum absolute atomic E-state index is 0. The van der Waals surface area contributed by atoms with Crippen LogP contribution in [0.3, 0.4) is 0 Å². The highest BCUT2D eigenvalue weighted by Gasteiger charge is 2.29. The van der Waals surface area contributed by atoms with E-state index in [9.17, 15) is 4.79 Å². The molecule has 112 valence electrons. The molecule has 1 aromatic rings. The van der Waals surface area contributed by atoms with Crippen molar-refractivity contribution in [2.45, 2.75) is 32.4 Å². The predicted octanol–water partition coefficient (Wildman–Crippen LogP) is 3.64. The van der Waals surface area contributed by atoms with Crippen LogP contribution in [0.15, 0.2) is 22.7 Å². The fourth-order valence-electron chi connectivity index (χ4n) is 2.51. The molecule has 3 atom stereocenters. The lowest BCUT2D eigenvalue weighted by Crippen LogP contribution is -2.55. The molecule has 1 fully saturated rings. The van der Waals surface area contributed by atoms with Crippen LogP contribution in [0, 0.1) is 5.92 Å². The van der Waals surface area contributed by atoms with Crippen LogP contribution in [0.4, 0.5) is 0 Å². The lowest BCUT2D eigenvalue weighted by molar-refractivity contribution is 0.0897. The van der Waals surface area contributed by atoms with Gasteiger partial charge in [0.1, 0.15) is 0 Å². The van der Waals surface area contributed by atoms with Gasteiger partial charge in [0.15, 0.2) is 0 Å². The third-order valence-electron chi connectivity index (χ3n) is 3.69. The van der Waals surface area contributed by atoms with Crippen molar-refractivity contribution in [1.82, 2.24) is 10.6 Å². The Morgan fingerprint density at radius 3 is 2.80 bits per heavy atom. The standard InChI is InChI=1S/C14H18BrClN2O.ClH/c1-8-5-6-17-9(2)13(8)18-14(19)11-7-10(15)3-4-12(11)16;/h3-4,7-9,13,17H,5-6H2,1-2H3,(H,18,19);1H. The topological polar surface area (TPSA) is 41.1 Å². The van der Waals surface area contributed by atoms with E-state index in [4.69, 9.17) is 11.6 Å². The molecule has 1 saturated heterocycles. The van der Waals surface area contributed by atoms with Gasteiger partial charge in [-0.3, -0.25) is 4.79 Å². The van der Waals surface area contributed by atoms with E-state index in [0.717, 1.165) is 17.4 Å². The molecule has 1 aliphatic rings. The molecule has 0 spiro atoms. The van der Waals surface area contributed by atoms with E-state index >= 15 is 0 Å². The van der Waals surface area contributed by atoms with Gasteiger partial charge in [0.2, 0.25) is 0 Å². The molecule has 2 N–H and O–H groups in total. The molecule has 1 amide bonds. The first-order valence-corrected chi connectivity index (χ1v) is 7.65. The fourth-order valence-corrected chi connectivity index (χ4v) is 3.07. The molecule has 0 saturated carbocycles. The Kier molecular flexibility index (Phi) is 6.79. The summed E-state index contributed by atoms with van der Waals surface area (Å²) in [5.74, 6) is 0.352. The molecule has 3 nitrogen and oxygen atoms in total. The summed E-state index contributed by atoms with van der Waals surface area (Å²) in [6, 6.07) is 5.72. The summed E-state index contributed by atoms with van der Waals surface area (Å²) in [6.07, 6.45) is 1.07. The van der Waals surface area contributed by atoms with Crippen molar-refractivity contribution in [3.8, 4) is 0 Å². The van der Waals surface area contributed by atoms with Crippen LogP contribution in [-0.4, -0.2) is 24.5 Å². The average Bonchev–Trinajstić information content (AvgIpc) is 2.37. The molecular formula is C14H19BrCl2N2O. The molecule has 1 aromatic carbocycles. The summed E-state index contributed by atoms with van der Waals surface area (Å²) in [5, 5.41) is 6.96. The van der Waals surface area contributed by atoms with Crippen LogP contribution >= 0.6 is 39.9 Å². The summed E-state index contributed by atoms with van der Waals surface area (Å²) >= 11 is 9.45. The Morgan fingerprint density at radius 1 is 1.45 bits per heavy atom. The Bertz CT molecular complexity index is 474. The van der Waals surface area contributed by atoms with Crippen LogP contribution < -0.4 is 10.6 Å². The summed E-state index contributed by atoms with van der Waals surface area (Å²) in [6.45, 7) is 5.28. The van der Waals surface area contributed by atoms with E-state index < -0.39 is 0 Å². The SMILES string of the molecule is CC1CCNC(C)C1NC(=O)c1cc(Br)ccc1Cl.Cl. The lowest BCUT2D eigenvalue weighted by Gasteiger charge is -2.36. The molecule has 0 aromatic heterocycles. The van der Waals surface area contributed by atoms with Crippen molar-refractivity contribution in [2.24, 2.45) is 5.92 Å². The number of carbonyl (C=O) groups is 1. The second kappa shape index (κ2) is 7.64. The maximum Gasteiger partial charge on any atom is 0.253 e. The predicted molar refractivity (Wildman–Crippen MR) is 88.9 cm³/mol. The highest BCUT2D eigenvalue weighted by molar-refractivity contribution is 9.10. The Balaban J connectivity index is 0.00000200. The van der Waals surface area contributed by atoms with E-state index in [1.54, 1.807) is 12.1 Å². The van der Waals surface area contributed by atoms with Gasteiger partial charge in [-0.1, -0.05) is 34.5 Å². The zero-order chi connectivity index (χ0) is 14.0. The second-order valence-corrected chi connectivity index (χ2v) is 6.46. The van der Waals surface area contributed by atoms with E-state index in [0.29, 0.717) is 16.5 Å². The lowest BCUT2D eigenvalue weighted by atomic mass is 9.89. The Morgan fingerprint density at radius 2 is 2.15 bits per heavy atom. The molecule has 1 heterocycles. The number of amides is 1. The van der Waals surface area contributed by atoms with Crippen LogP contribution in [0.25, 0.3) is 0 Å². The smallest absolute Gasteiger partial charge is 0.253 e. The molecule has 1 aliphatic heterocycles. The summed E-state index contributed by atoms with van der Waals surface area (Å²) in [5.41, 5.74) is 0.515. The van der Waals surface area contributed by atoms with Crippen molar-refractivity contribution >= 4 is 45.8 Å². The molecule has 20 heavy (non-hydrogen) atoms. The van der Waals surface area contributed by atoms with Gasteiger partial charge < -0.3 is 10.6 Å². The summed E-state index contributed by atoms with van der Waals surface area (Å²) < 4.78 is 0.852. The molecule has 0 bridgehead atoms. The zero-order valence-electron chi connectivity index (χ0n) is 11.5. The van der Waals surface area contributed by atoms with Gasteiger partial charge in [-0.2, -0.15) is 0 Å². The molecular weight excluding hydrogens is 363 g/mol. The van der Waals surface area contributed by atoms with Crippen molar-refractivity contribution in [1.29, 1.82) is 0 Å². The van der Waals surface area contributed by atoms with Gasteiger partial charge in [0.05, 0.1) is 10.6 Å². The van der Waals surface area contributed by atoms with Crippen LogP contribution in [0.1, 0.15) is 30.6 Å². The van der Waals surface area contributed by atoms with Gasteiger partial charge in [-0.25, -0.2) is 0 Å². The maximum absolute atomic E-state index is 12.3. The van der Waals surface area contributed by atoms with Gasteiger partial charge in [-0.15, -0.1) is 12.4 Å². The third kappa shape index (κ3) is 4.10. The number of benzene rings is 1. The van der Waals surface area contributed by atoms with Crippen LogP contribution in [0.2, 0.25) is 5.02 Å². The quantitative estimate of drug-likeness (QED) is 0.820. The first kappa shape index (κ1) is 17.8. The fraction of sp³-hybridized carbons (Fsp3) is 0.500. The summed E-state index contributed by atoms with van der Waals surface area (Å²) in [4.78, 5) is 12.3. The second-order valence-electron chi connectivity index (χ2n) is 5.13. The summed E-state index contributed by atoms with van der Waals surface area (Å²) in [7, 11) is 0. The monoisotopic (exact) mass is 380 g/mol. The maximum atomic E-state index is 12.3. The van der Waals surface area contributed by atoms with E-state index in [1.807, 2.05) is 6.07 Å². The number of halogens is 3. The van der Waals surface area contributed by atoms with Crippen molar-refractivity contribution in [3.63, 3.8) is 0 Å². The molecule has 3 unspecified atom stereocenters. The zero-order valence-corrected chi connectivity index (χ0v) is 14.6. The molecule has 0 radical (unpaired) electrons. The number of hydrogen-bond donors (Lipinski definition) is 2. The highest BCUT2D eigenvalue weighted by Crippen LogP contribution is 2.22. The Labute approximate surface area is 139 Å². The number of piperidine rings is 1. The largest absolute Gasteiger partial charge is 0.347 e. The van der Waals surface area contributed by atoms with Crippen molar-refractivity contribution in [3.05, 3.63) is 33.3 Å². The van der Waals surface area contributed by atoms with Gasteiger partial charge in [-0.05, 0) is 44.0 Å². The van der Waals surface area contributed by atoms with E-state index in [1.165, 1.54) is 0 Å². The Hall–Kier alpha value is -0.290. The molecule has 2 rings (SSSR count). The highest BCUT2D eigenvalue weighted by atomic mass is 79.9. The van der Waals surface area contributed by atoms with Gasteiger partial charge >= 0.3 is 0 Å². The first-order chi connectivity index (χ1) is 8.99. The molecule has 6 heteroatoms. The average molecular weight is 382 g/mol. The van der Waals surface area contributed by atoms with Crippen LogP contribution in [-0.2, 0) is 0 Å². The number of carbonyl (C=O) groups excluding carboxylic acids is 1. The van der Waals surface area contributed by atoms with E-state index in [-0.39, 0.29) is 30.4 Å². The third-order valence-corrected chi connectivity index (χ3v) is 4.51. The normalized spacial score (nSPS) is 25.7. The van der Waals surface area contributed by atoms with Crippen molar-refractivity contribution in [2.75, 3.05) is 6.54 Å². The van der Waals surface area contributed by atoms with Crippen molar-refractivity contribution < 1.29 is 4.79 Å². The minimum Gasteiger partial charge on any atom is -0.347 e. The first-order valence-electron chi connectivity index (χ1n) is 6.48. The van der Waals surface area contributed by atoms with Gasteiger partial charge in [0, 0.05) is 16.6 Å². The van der Waals surface area contributed by atoms with Gasteiger partial charge in [0.25, 0.3) is 5.91 Å². The van der Waals surface area contributed by atoms with Crippen LogP contribution in [0.5, 0.6) is 0 Å². The number of hydrogen-bond acceptors (Lipinski definition) is 2. The number of nitrogens with one attached hydrogen (secondary N) is 2. The molecule has 0 aliphatic carbocycles. The number of rotatable bonds is 2. The minimum atomic E-state index is -0.112. The van der Waals surface area contributed by atoms with E-state index in [2.05, 4.69) is 40.4 Å².